The van der Waals surface area contributed by atoms with Crippen LogP contribution in [0, 0.1) is 0 Å². The van der Waals surface area contributed by atoms with Gasteiger partial charge in [-0.25, -0.2) is 4.79 Å². The number of amides is 2. The van der Waals surface area contributed by atoms with Gasteiger partial charge in [-0.3, -0.25) is 4.79 Å². The zero-order chi connectivity index (χ0) is 18.4. The van der Waals surface area contributed by atoms with Crippen LogP contribution in [0.1, 0.15) is 36.7 Å². The molecule has 0 atom stereocenters. The maximum atomic E-state index is 12.2. The predicted molar refractivity (Wildman–Crippen MR) is 95.6 cm³/mol. The molecule has 2 amide bonds. The Balaban J connectivity index is 1.89. The molecule has 0 fully saturated rings. The molecule has 0 radical (unpaired) electrons. The molecule has 132 valence electrons. The molecule has 0 saturated heterocycles. The number of carbonyl (C=O) groups excluding carboxylic acids is 2. The molecule has 6 heteroatoms. The van der Waals surface area contributed by atoms with Gasteiger partial charge in [0.25, 0.3) is 5.91 Å². The quantitative estimate of drug-likeness (QED) is 0.740. The second-order valence-electron chi connectivity index (χ2n) is 6.55. The Kier molecular flexibility index (Phi) is 5.64. The lowest BCUT2D eigenvalue weighted by molar-refractivity contribution is 0.0523. The molecule has 0 spiro atoms. The van der Waals surface area contributed by atoms with Crippen molar-refractivity contribution in [2.75, 3.05) is 5.32 Å². The molecule has 0 unspecified atom stereocenters. The number of aromatic hydroxyl groups is 1. The zero-order valence-corrected chi connectivity index (χ0v) is 14.5. The van der Waals surface area contributed by atoms with Crippen molar-refractivity contribution in [1.29, 1.82) is 0 Å². The molecule has 0 saturated carbocycles. The number of rotatable bonds is 4. The Hall–Kier alpha value is -3.02. The molecular weight excluding hydrogens is 320 g/mol. The smallest absolute Gasteiger partial charge is 0.407 e. The molecule has 6 nitrogen and oxygen atoms in total. The summed E-state index contributed by atoms with van der Waals surface area (Å²) in [6.45, 7) is 5.71. The Labute approximate surface area is 146 Å². The monoisotopic (exact) mass is 342 g/mol. The van der Waals surface area contributed by atoms with Crippen molar-refractivity contribution in [3.8, 4) is 5.75 Å². The molecule has 2 aromatic carbocycles. The Morgan fingerprint density at radius 3 is 2.16 bits per heavy atom. The van der Waals surface area contributed by atoms with E-state index in [0.29, 0.717) is 17.8 Å². The third kappa shape index (κ3) is 6.18. The van der Waals surface area contributed by atoms with E-state index in [2.05, 4.69) is 10.6 Å². The van der Waals surface area contributed by atoms with Gasteiger partial charge in [-0.15, -0.1) is 0 Å². The normalized spacial score (nSPS) is 10.8. The molecule has 2 rings (SSSR count). The number of carbonyl (C=O) groups is 2. The predicted octanol–water partition coefficient (Wildman–Crippen LogP) is 3.67. The third-order valence-electron chi connectivity index (χ3n) is 3.18. The lowest BCUT2D eigenvalue weighted by atomic mass is 10.1. The SMILES string of the molecule is CC(C)(C)OC(=O)NCc1ccc(C(=O)Nc2ccc(O)cc2)cc1. The van der Waals surface area contributed by atoms with E-state index in [1.54, 1.807) is 57.2 Å². The minimum Gasteiger partial charge on any atom is -0.508 e. The van der Waals surface area contributed by atoms with E-state index in [9.17, 15) is 14.7 Å². The lowest BCUT2D eigenvalue weighted by Crippen LogP contribution is -2.32. The molecule has 25 heavy (non-hydrogen) atoms. The number of phenolic OH excluding ortho intramolecular Hbond substituents is 1. The van der Waals surface area contributed by atoms with Crippen LogP contribution >= 0.6 is 0 Å². The van der Waals surface area contributed by atoms with Gasteiger partial charge in [-0.05, 0) is 62.7 Å². The van der Waals surface area contributed by atoms with E-state index in [1.807, 2.05) is 0 Å². The van der Waals surface area contributed by atoms with E-state index in [4.69, 9.17) is 4.74 Å². The number of phenols is 1. The maximum Gasteiger partial charge on any atom is 0.407 e. The van der Waals surface area contributed by atoms with Gasteiger partial charge >= 0.3 is 6.09 Å². The number of hydrogen-bond donors (Lipinski definition) is 3. The largest absolute Gasteiger partial charge is 0.508 e. The van der Waals surface area contributed by atoms with Crippen LogP contribution < -0.4 is 10.6 Å². The van der Waals surface area contributed by atoms with Crippen molar-refractivity contribution in [1.82, 2.24) is 5.32 Å². The minimum absolute atomic E-state index is 0.139. The Morgan fingerprint density at radius 1 is 1.00 bits per heavy atom. The highest BCUT2D eigenvalue weighted by atomic mass is 16.6. The summed E-state index contributed by atoms with van der Waals surface area (Å²) >= 11 is 0. The van der Waals surface area contributed by atoms with Crippen LogP contribution in [-0.2, 0) is 11.3 Å². The average molecular weight is 342 g/mol. The van der Waals surface area contributed by atoms with Gasteiger partial charge in [0, 0.05) is 17.8 Å². The van der Waals surface area contributed by atoms with Gasteiger partial charge in [-0.2, -0.15) is 0 Å². The van der Waals surface area contributed by atoms with Crippen LogP contribution in [-0.4, -0.2) is 22.7 Å². The molecule has 2 aromatic rings. The van der Waals surface area contributed by atoms with E-state index in [0.717, 1.165) is 5.56 Å². The summed E-state index contributed by atoms with van der Waals surface area (Å²) in [5, 5.41) is 14.6. The first-order valence-electron chi connectivity index (χ1n) is 7.89. The number of benzene rings is 2. The molecule has 0 bridgehead atoms. The van der Waals surface area contributed by atoms with Crippen LogP contribution in [0.4, 0.5) is 10.5 Å². The fourth-order valence-electron chi connectivity index (χ4n) is 2.01. The van der Waals surface area contributed by atoms with Crippen LogP contribution in [0.25, 0.3) is 0 Å². The van der Waals surface area contributed by atoms with Gasteiger partial charge in [0.2, 0.25) is 0 Å². The summed E-state index contributed by atoms with van der Waals surface area (Å²) in [6.07, 6.45) is -0.485. The molecule has 0 aromatic heterocycles. The van der Waals surface area contributed by atoms with Gasteiger partial charge in [-0.1, -0.05) is 12.1 Å². The first kappa shape index (κ1) is 18.3. The van der Waals surface area contributed by atoms with Crippen molar-refractivity contribution < 1.29 is 19.4 Å². The summed E-state index contributed by atoms with van der Waals surface area (Å²) < 4.78 is 5.16. The topological polar surface area (TPSA) is 87.7 Å². The lowest BCUT2D eigenvalue weighted by Gasteiger charge is -2.19. The fourth-order valence-corrected chi connectivity index (χ4v) is 2.01. The number of hydrogen-bond acceptors (Lipinski definition) is 4. The zero-order valence-electron chi connectivity index (χ0n) is 14.5. The Morgan fingerprint density at radius 2 is 1.60 bits per heavy atom. The van der Waals surface area contributed by atoms with Crippen molar-refractivity contribution in [3.63, 3.8) is 0 Å². The van der Waals surface area contributed by atoms with E-state index in [-0.39, 0.29) is 11.7 Å². The molecule has 0 aliphatic carbocycles. The summed E-state index contributed by atoms with van der Waals surface area (Å²) in [5.41, 5.74) is 1.40. The van der Waals surface area contributed by atoms with Crippen molar-refractivity contribution >= 4 is 17.7 Å². The average Bonchev–Trinajstić information content (AvgIpc) is 2.54. The number of alkyl carbamates (subject to hydrolysis) is 1. The standard InChI is InChI=1S/C19H22N2O4/c1-19(2,3)25-18(24)20-12-13-4-6-14(7-5-13)17(23)21-15-8-10-16(22)11-9-15/h4-11,22H,12H2,1-3H3,(H,20,24)(H,21,23). The van der Waals surface area contributed by atoms with Crippen LogP contribution in [0.3, 0.4) is 0 Å². The fraction of sp³-hybridized carbons (Fsp3) is 0.263. The van der Waals surface area contributed by atoms with Crippen LogP contribution in [0.2, 0.25) is 0 Å². The van der Waals surface area contributed by atoms with Crippen molar-refractivity contribution in [2.45, 2.75) is 32.9 Å². The minimum atomic E-state index is -0.541. The highest BCUT2D eigenvalue weighted by Crippen LogP contribution is 2.15. The van der Waals surface area contributed by atoms with Gasteiger partial charge in [0.05, 0.1) is 0 Å². The molecule has 0 aliphatic heterocycles. The van der Waals surface area contributed by atoms with Crippen molar-refractivity contribution in [3.05, 3.63) is 59.7 Å². The molecule has 0 aliphatic rings. The van der Waals surface area contributed by atoms with Crippen LogP contribution in [0.5, 0.6) is 5.75 Å². The van der Waals surface area contributed by atoms with Gasteiger partial charge < -0.3 is 20.5 Å². The summed E-state index contributed by atoms with van der Waals surface area (Å²) in [7, 11) is 0. The summed E-state index contributed by atoms with van der Waals surface area (Å²) in [4.78, 5) is 23.8. The molecule has 3 N–H and O–H groups in total. The van der Waals surface area contributed by atoms with E-state index in [1.165, 1.54) is 12.1 Å². The highest BCUT2D eigenvalue weighted by Gasteiger charge is 2.15. The van der Waals surface area contributed by atoms with Gasteiger partial charge in [0.15, 0.2) is 0 Å². The summed E-state index contributed by atoms with van der Waals surface area (Å²) in [5.74, 6) is -0.114. The number of ether oxygens (including phenoxy) is 1. The third-order valence-corrected chi connectivity index (χ3v) is 3.18. The second-order valence-corrected chi connectivity index (χ2v) is 6.55. The number of nitrogens with one attached hydrogen (secondary N) is 2. The van der Waals surface area contributed by atoms with Crippen molar-refractivity contribution in [2.24, 2.45) is 0 Å². The second kappa shape index (κ2) is 7.70. The Bertz CT molecular complexity index is 732. The van der Waals surface area contributed by atoms with E-state index >= 15 is 0 Å². The van der Waals surface area contributed by atoms with E-state index < -0.39 is 11.7 Å². The first-order valence-corrected chi connectivity index (χ1v) is 7.89. The molecule has 0 heterocycles. The first-order chi connectivity index (χ1) is 11.7. The highest BCUT2D eigenvalue weighted by molar-refractivity contribution is 6.04. The maximum absolute atomic E-state index is 12.2. The van der Waals surface area contributed by atoms with Crippen LogP contribution in [0.15, 0.2) is 48.5 Å². The van der Waals surface area contributed by atoms with Gasteiger partial charge in [0.1, 0.15) is 11.4 Å². The number of anilines is 1. The summed E-state index contributed by atoms with van der Waals surface area (Å²) in [6, 6.07) is 13.1. The molecular formula is C19H22N2O4.